The Morgan fingerprint density at radius 2 is 2.00 bits per heavy atom. The molecule has 0 spiro atoms. The second kappa shape index (κ2) is 6.84. The summed E-state index contributed by atoms with van der Waals surface area (Å²) in [5.74, 6) is 0. The molecule has 0 saturated carbocycles. The van der Waals surface area contributed by atoms with E-state index in [-0.39, 0.29) is 11.4 Å². The van der Waals surface area contributed by atoms with Crippen LogP contribution in [0, 0.1) is 6.92 Å². The van der Waals surface area contributed by atoms with E-state index in [0.717, 1.165) is 12.8 Å². The lowest BCUT2D eigenvalue weighted by Crippen LogP contribution is -2.26. The van der Waals surface area contributed by atoms with Crippen molar-refractivity contribution in [2.45, 2.75) is 31.2 Å². The molecular weight excluding hydrogens is 288 g/mol. The van der Waals surface area contributed by atoms with Crippen molar-refractivity contribution < 1.29 is 8.42 Å². The van der Waals surface area contributed by atoms with E-state index in [9.17, 15) is 8.42 Å². The SMILES string of the molecule is Cc1[nH]nc(CN)c1S(=O)(=O)NCCCc1ccccc1. The average molecular weight is 308 g/mol. The second-order valence-electron chi connectivity index (χ2n) is 4.82. The Labute approximate surface area is 124 Å². The topological polar surface area (TPSA) is 101 Å². The Bertz CT molecular complexity index is 680. The normalized spacial score (nSPS) is 11.7. The number of sulfonamides is 1. The first-order chi connectivity index (χ1) is 10.0. The summed E-state index contributed by atoms with van der Waals surface area (Å²) >= 11 is 0. The molecule has 2 aromatic rings. The molecule has 6 nitrogen and oxygen atoms in total. The van der Waals surface area contributed by atoms with Gasteiger partial charge in [0.2, 0.25) is 10.0 Å². The third-order valence-corrected chi connectivity index (χ3v) is 4.86. The number of aryl methyl sites for hydroxylation is 2. The number of H-pyrrole nitrogens is 1. The fourth-order valence-corrected chi connectivity index (χ4v) is 3.63. The maximum Gasteiger partial charge on any atom is 0.244 e. The van der Waals surface area contributed by atoms with Crippen LogP contribution in [0.5, 0.6) is 0 Å². The third kappa shape index (κ3) is 3.90. The quantitative estimate of drug-likeness (QED) is 0.666. The largest absolute Gasteiger partial charge is 0.325 e. The van der Waals surface area contributed by atoms with Gasteiger partial charge in [0.25, 0.3) is 0 Å². The minimum absolute atomic E-state index is 0.0879. The number of hydrogen-bond donors (Lipinski definition) is 3. The molecule has 2 rings (SSSR count). The second-order valence-corrected chi connectivity index (χ2v) is 6.52. The molecule has 4 N–H and O–H groups in total. The highest BCUT2D eigenvalue weighted by Gasteiger charge is 2.22. The first-order valence-corrected chi connectivity index (χ1v) is 8.30. The van der Waals surface area contributed by atoms with Gasteiger partial charge in [0.1, 0.15) is 4.90 Å². The number of rotatable bonds is 7. The number of nitrogens with zero attached hydrogens (tertiary/aromatic N) is 1. The van der Waals surface area contributed by atoms with Gasteiger partial charge in [-0.25, -0.2) is 13.1 Å². The van der Waals surface area contributed by atoms with Crippen LogP contribution in [0.2, 0.25) is 0 Å². The summed E-state index contributed by atoms with van der Waals surface area (Å²) < 4.78 is 27.2. The van der Waals surface area contributed by atoms with Crippen molar-refractivity contribution >= 4 is 10.0 Å². The highest BCUT2D eigenvalue weighted by Crippen LogP contribution is 2.16. The number of nitrogens with one attached hydrogen (secondary N) is 2. The maximum atomic E-state index is 12.3. The Kier molecular flexibility index (Phi) is 5.11. The van der Waals surface area contributed by atoms with Crippen molar-refractivity contribution in [2.75, 3.05) is 6.54 Å². The molecule has 114 valence electrons. The smallest absolute Gasteiger partial charge is 0.244 e. The molecule has 0 fully saturated rings. The zero-order valence-electron chi connectivity index (χ0n) is 12.0. The number of aromatic amines is 1. The van der Waals surface area contributed by atoms with Crippen LogP contribution in [0.3, 0.4) is 0 Å². The van der Waals surface area contributed by atoms with E-state index in [2.05, 4.69) is 14.9 Å². The van der Waals surface area contributed by atoms with Gasteiger partial charge in [-0.2, -0.15) is 5.10 Å². The summed E-state index contributed by atoms with van der Waals surface area (Å²) in [6.45, 7) is 2.14. The molecule has 0 amide bonds. The van der Waals surface area contributed by atoms with Crippen molar-refractivity contribution in [1.82, 2.24) is 14.9 Å². The Morgan fingerprint density at radius 3 is 2.67 bits per heavy atom. The molecule has 1 aromatic heterocycles. The molecule has 0 atom stereocenters. The summed E-state index contributed by atoms with van der Waals surface area (Å²) in [5, 5.41) is 6.57. The standard InChI is InChI=1S/C14H20N4O2S/c1-11-14(13(10-15)18-17-11)21(19,20)16-9-5-8-12-6-3-2-4-7-12/h2-4,6-7,16H,5,8-10,15H2,1H3,(H,17,18). The zero-order chi connectivity index (χ0) is 15.3. The lowest BCUT2D eigenvalue weighted by molar-refractivity contribution is 0.577. The monoisotopic (exact) mass is 308 g/mol. The fourth-order valence-electron chi connectivity index (χ4n) is 2.18. The van der Waals surface area contributed by atoms with Crippen LogP contribution in [0.25, 0.3) is 0 Å². The van der Waals surface area contributed by atoms with Crippen molar-refractivity contribution in [2.24, 2.45) is 5.73 Å². The van der Waals surface area contributed by atoms with Crippen LogP contribution in [0.4, 0.5) is 0 Å². The molecule has 7 heteroatoms. The Morgan fingerprint density at radius 1 is 1.29 bits per heavy atom. The summed E-state index contributed by atoms with van der Waals surface area (Å²) in [6.07, 6.45) is 1.57. The molecule has 21 heavy (non-hydrogen) atoms. The molecule has 1 heterocycles. The van der Waals surface area contributed by atoms with Gasteiger partial charge in [-0.05, 0) is 25.3 Å². The number of hydrogen-bond acceptors (Lipinski definition) is 4. The van der Waals surface area contributed by atoms with Gasteiger partial charge >= 0.3 is 0 Å². The van der Waals surface area contributed by atoms with Gasteiger partial charge in [-0.15, -0.1) is 0 Å². The molecule has 0 radical (unpaired) electrons. The number of benzene rings is 1. The predicted molar refractivity (Wildman–Crippen MR) is 81.2 cm³/mol. The van der Waals surface area contributed by atoms with E-state index in [1.54, 1.807) is 6.92 Å². The lowest BCUT2D eigenvalue weighted by Gasteiger charge is -2.07. The summed E-state index contributed by atoms with van der Waals surface area (Å²) in [5.41, 5.74) is 7.58. The van der Waals surface area contributed by atoms with Crippen molar-refractivity contribution in [3.8, 4) is 0 Å². The van der Waals surface area contributed by atoms with Crippen LogP contribution in [-0.4, -0.2) is 25.2 Å². The van der Waals surface area contributed by atoms with Crippen LogP contribution < -0.4 is 10.5 Å². The van der Waals surface area contributed by atoms with Crippen molar-refractivity contribution in [3.63, 3.8) is 0 Å². The van der Waals surface area contributed by atoms with E-state index in [1.165, 1.54) is 5.56 Å². The van der Waals surface area contributed by atoms with Gasteiger partial charge in [0.15, 0.2) is 0 Å². The Balaban J connectivity index is 1.94. The fraction of sp³-hybridized carbons (Fsp3) is 0.357. The Hall–Kier alpha value is -1.70. The molecule has 0 aliphatic heterocycles. The first kappa shape index (κ1) is 15.7. The molecule has 0 saturated heterocycles. The predicted octanol–water partition coefficient (Wildman–Crippen LogP) is 1.09. The molecule has 0 aliphatic carbocycles. The summed E-state index contributed by atoms with van der Waals surface area (Å²) in [7, 11) is -3.57. The highest BCUT2D eigenvalue weighted by molar-refractivity contribution is 7.89. The highest BCUT2D eigenvalue weighted by atomic mass is 32.2. The number of nitrogens with two attached hydrogens (primary N) is 1. The van der Waals surface area contributed by atoms with E-state index in [0.29, 0.717) is 17.9 Å². The first-order valence-electron chi connectivity index (χ1n) is 6.82. The van der Waals surface area contributed by atoms with Crippen LogP contribution in [0.1, 0.15) is 23.4 Å². The molecular formula is C14H20N4O2S. The van der Waals surface area contributed by atoms with Crippen molar-refractivity contribution in [3.05, 3.63) is 47.3 Å². The van der Waals surface area contributed by atoms with Gasteiger partial charge in [0.05, 0.1) is 11.4 Å². The summed E-state index contributed by atoms with van der Waals surface area (Å²) in [4.78, 5) is 0.171. The van der Waals surface area contributed by atoms with Gasteiger partial charge in [-0.1, -0.05) is 30.3 Å². The molecule has 0 unspecified atom stereocenters. The van der Waals surface area contributed by atoms with Gasteiger partial charge in [-0.3, -0.25) is 5.10 Å². The van der Waals surface area contributed by atoms with Crippen LogP contribution in [-0.2, 0) is 23.0 Å². The van der Waals surface area contributed by atoms with Gasteiger partial charge in [0, 0.05) is 13.1 Å². The average Bonchev–Trinajstić information content (AvgIpc) is 2.86. The molecule has 0 bridgehead atoms. The zero-order valence-corrected chi connectivity index (χ0v) is 12.8. The number of aromatic nitrogens is 2. The summed E-state index contributed by atoms with van der Waals surface area (Å²) in [6, 6.07) is 9.97. The molecule has 0 aliphatic rings. The van der Waals surface area contributed by atoms with E-state index >= 15 is 0 Å². The van der Waals surface area contributed by atoms with E-state index in [1.807, 2.05) is 30.3 Å². The van der Waals surface area contributed by atoms with Crippen LogP contribution >= 0.6 is 0 Å². The van der Waals surface area contributed by atoms with E-state index in [4.69, 9.17) is 5.73 Å². The molecule has 1 aromatic carbocycles. The lowest BCUT2D eigenvalue weighted by atomic mass is 10.1. The minimum atomic E-state index is -3.57. The minimum Gasteiger partial charge on any atom is -0.325 e. The third-order valence-electron chi connectivity index (χ3n) is 3.20. The van der Waals surface area contributed by atoms with Gasteiger partial charge < -0.3 is 5.73 Å². The van der Waals surface area contributed by atoms with Crippen LogP contribution in [0.15, 0.2) is 35.2 Å². The maximum absolute atomic E-state index is 12.3. The van der Waals surface area contributed by atoms with E-state index < -0.39 is 10.0 Å². The van der Waals surface area contributed by atoms with Crippen molar-refractivity contribution in [1.29, 1.82) is 0 Å².